The lowest BCUT2D eigenvalue weighted by Crippen LogP contribution is -2.47. The van der Waals surface area contributed by atoms with Gasteiger partial charge in [0.2, 0.25) is 5.91 Å². The molecule has 1 aliphatic rings. The monoisotopic (exact) mass is 446 g/mol. The molecule has 6 nitrogen and oxygen atoms in total. The Morgan fingerprint density at radius 2 is 1.79 bits per heavy atom. The molecule has 6 heteroatoms. The van der Waals surface area contributed by atoms with Gasteiger partial charge in [0, 0.05) is 36.9 Å². The first-order valence-corrected chi connectivity index (χ1v) is 12.0. The molecular weight excluding hydrogens is 412 g/mol. The van der Waals surface area contributed by atoms with Crippen molar-refractivity contribution in [1.82, 2.24) is 20.1 Å². The maximum Gasteiger partial charge on any atom is 0.252 e. The third kappa shape index (κ3) is 5.45. The molecule has 33 heavy (non-hydrogen) atoms. The topological polar surface area (TPSA) is 68.4 Å². The number of rotatable bonds is 8. The van der Waals surface area contributed by atoms with E-state index in [0.29, 0.717) is 11.5 Å². The first kappa shape index (κ1) is 23.1. The lowest BCUT2D eigenvalue weighted by Gasteiger charge is -2.36. The Kier molecular flexibility index (Phi) is 7.45. The fourth-order valence-corrected chi connectivity index (χ4v) is 4.70. The Morgan fingerprint density at radius 1 is 1.06 bits per heavy atom. The van der Waals surface area contributed by atoms with Crippen LogP contribution in [0.25, 0.3) is 10.9 Å². The summed E-state index contributed by atoms with van der Waals surface area (Å²) >= 11 is 0. The molecule has 1 saturated heterocycles. The van der Waals surface area contributed by atoms with Gasteiger partial charge in [0.15, 0.2) is 0 Å². The Balaban J connectivity index is 1.47. The highest BCUT2D eigenvalue weighted by molar-refractivity contribution is 6.00. The predicted molar refractivity (Wildman–Crippen MR) is 132 cm³/mol. The second kappa shape index (κ2) is 10.7. The van der Waals surface area contributed by atoms with Gasteiger partial charge in [-0.3, -0.25) is 9.59 Å². The lowest BCUT2D eigenvalue weighted by molar-refractivity contribution is -0.134. The first-order chi connectivity index (χ1) is 16.1. The molecule has 1 fully saturated rings. The standard InChI is InChI=1S/C27H34N4O2/c1-3-30(4-2)19-20-13-16-31(17-14-20)27(33)25(22-8-6-5-7-9-22)29-26(32)23-11-10-21-12-15-28-24(21)18-23/h5-12,15,18,20,25,28H,3-4,13-14,16-17,19H2,1-2H3,(H,29,32)/t25-/m1/s1. The number of H-pyrrole nitrogens is 1. The van der Waals surface area contributed by atoms with E-state index < -0.39 is 6.04 Å². The summed E-state index contributed by atoms with van der Waals surface area (Å²) in [7, 11) is 0. The average Bonchev–Trinajstić information content (AvgIpc) is 3.34. The van der Waals surface area contributed by atoms with Crippen molar-refractivity contribution >= 4 is 22.7 Å². The second-order valence-corrected chi connectivity index (χ2v) is 8.85. The number of aromatic amines is 1. The van der Waals surface area contributed by atoms with Crippen molar-refractivity contribution in [2.45, 2.75) is 32.7 Å². The highest BCUT2D eigenvalue weighted by Gasteiger charge is 2.31. The zero-order valence-corrected chi connectivity index (χ0v) is 19.6. The molecule has 0 aliphatic carbocycles. The molecule has 1 atom stereocenters. The fourth-order valence-electron chi connectivity index (χ4n) is 4.70. The highest BCUT2D eigenvalue weighted by atomic mass is 16.2. The van der Waals surface area contributed by atoms with Gasteiger partial charge in [-0.05, 0) is 61.0 Å². The molecule has 1 aliphatic heterocycles. The van der Waals surface area contributed by atoms with Crippen molar-refractivity contribution in [2.75, 3.05) is 32.7 Å². The third-order valence-corrected chi connectivity index (χ3v) is 6.81. The van der Waals surface area contributed by atoms with Crippen molar-refractivity contribution in [2.24, 2.45) is 5.92 Å². The van der Waals surface area contributed by atoms with E-state index >= 15 is 0 Å². The number of hydrogen-bond donors (Lipinski definition) is 2. The van der Waals surface area contributed by atoms with Crippen LogP contribution in [0.5, 0.6) is 0 Å². The van der Waals surface area contributed by atoms with Gasteiger partial charge in [0.05, 0.1) is 0 Å². The molecule has 3 aromatic rings. The van der Waals surface area contributed by atoms with Crippen LogP contribution in [-0.2, 0) is 4.79 Å². The lowest BCUT2D eigenvalue weighted by atomic mass is 9.95. The van der Waals surface area contributed by atoms with Gasteiger partial charge < -0.3 is 20.1 Å². The maximum absolute atomic E-state index is 13.6. The van der Waals surface area contributed by atoms with E-state index in [-0.39, 0.29) is 11.8 Å². The van der Waals surface area contributed by atoms with Crippen LogP contribution in [0.2, 0.25) is 0 Å². The molecular formula is C27H34N4O2. The number of amides is 2. The predicted octanol–water partition coefficient (Wildman–Crippen LogP) is 4.22. The summed E-state index contributed by atoms with van der Waals surface area (Å²) in [6.07, 6.45) is 3.86. The van der Waals surface area contributed by atoms with Crippen LogP contribution >= 0.6 is 0 Å². The number of piperidine rings is 1. The molecule has 0 saturated carbocycles. The number of fused-ring (bicyclic) bond motifs is 1. The van der Waals surface area contributed by atoms with E-state index in [1.165, 1.54) is 0 Å². The number of aromatic nitrogens is 1. The summed E-state index contributed by atoms with van der Waals surface area (Å²) in [5.74, 6) is 0.341. The Morgan fingerprint density at radius 3 is 2.48 bits per heavy atom. The molecule has 2 amide bonds. The van der Waals surface area contributed by atoms with Gasteiger partial charge in [-0.1, -0.05) is 50.2 Å². The van der Waals surface area contributed by atoms with E-state index in [1.807, 2.05) is 59.6 Å². The zero-order chi connectivity index (χ0) is 23.2. The van der Waals surface area contributed by atoms with Crippen LogP contribution < -0.4 is 5.32 Å². The number of nitrogens with zero attached hydrogens (tertiary/aromatic N) is 2. The minimum atomic E-state index is -0.697. The van der Waals surface area contributed by atoms with Crippen molar-refractivity contribution in [3.8, 4) is 0 Å². The number of hydrogen-bond acceptors (Lipinski definition) is 3. The van der Waals surface area contributed by atoms with Crippen LogP contribution in [0, 0.1) is 5.92 Å². The summed E-state index contributed by atoms with van der Waals surface area (Å²) in [5, 5.41) is 4.06. The molecule has 0 unspecified atom stereocenters. The van der Waals surface area contributed by atoms with Crippen LogP contribution in [0.15, 0.2) is 60.8 Å². The molecule has 0 radical (unpaired) electrons. The molecule has 1 aromatic heterocycles. The van der Waals surface area contributed by atoms with Crippen LogP contribution in [0.4, 0.5) is 0 Å². The van der Waals surface area contributed by atoms with Gasteiger partial charge in [-0.2, -0.15) is 0 Å². The minimum absolute atomic E-state index is 0.0307. The van der Waals surface area contributed by atoms with Gasteiger partial charge in [0.1, 0.15) is 6.04 Å². The van der Waals surface area contributed by atoms with Crippen LogP contribution in [0.3, 0.4) is 0 Å². The molecule has 2 aromatic carbocycles. The van der Waals surface area contributed by atoms with Crippen molar-refractivity contribution < 1.29 is 9.59 Å². The van der Waals surface area contributed by atoms with E-state index in [1.54, 1.807) is 6.07 Å². The van der Waals surface area contributed by atoms with Crippen molar-refractivity contribution in [3.63, 3.8) is 0 Å². The normalized spacial score (nSPS) is 15.7. The summed E-state index contributed by atoms with van der Waals surface area (Å²) in [4.78, 5) is 34.2. The molecule has 2 N–H and O–H groups in total. The zero-order valence-electron chi connectivity index (χ0n) is 19.6. The van der Waals surface area contributed by atoms with Gasteiger partial charge in [-0.25, -0.2) is 0 Å². The molecule has 4 rings (SSSR count). The van der Waals surface area contributed by atoms with Gasteiger partial charge in [0.25, 0.3) is 5.91 Å². The Bertz CT molecular complexity index is 1070. The average molecular weight is 447 g/mol. The van der Waals surface area contributed by atoms with Gasteiger partial charge >= 0.3 is 0 Å². The largest absolute Gasteiger partial charge is 0.361 e. The summed E-state index contributed by atoms with van der Waals surface area (Å²) < 4.78 is 0. The minimum Gasteiger partial charge on any atom is -0.361 e. The number of likely N-dealkylation sites (tertiary alicyclic amines) is 1. The number of carbonyl (C=O) groups is 2. The second-order valence-electron chi connectivity index (χ2n) is 8.85. The van der Waals surface area contributed by atoms with E-state index in [2.05, 4.69) is 29.0 Å². The van der Waals surface area contributed by atoms with Crippen molar-refractivity contribution in [1.29, 1.82) is 0 Å². The van der Waals surface area contributed by atoms with Crippen LogP contribution in [0.1, 0.15) is 48.7 Å². The SMILES string of the molecule is CCN(CC)CC1CCN(C(=O)[C@H](NC(=O)c2ccc3cc[nH]c3c2)c2ccccc2)CC1. The molecule has 174 valence electrons. The van der Waals surface area contributed by atoms with E-state index in [9.17, 15) is 9.59 Å². The summed E-state index contributed by atoms with van der Waals surface area (Å²) in [6, 6.07) is 16.4. The van der Waals surface area contributed by atoms with E-state index in [0.717, 1.165) is 62.0 Å². The maximum atomic E-state index is 13.6. The molecule has 2 heterocycles. The summed E-state index contributed by atoms with van der Waals surface area (Å²) in [5.41, 5.74) is 2.25. The Labute approximate surface area is 196 Å². The number of carbonyl (C=O) groups excluding carboxylic acids is 2. The van der Waals surface area contributed by atoms with E-state index in [4.69, 9.17) is 0 Å². The quantitative estimate of drug-likeness (QED) is 0.544. The molecule has 0 bridgehead atoms. The molecule has 0 spiro atoms. The highest BCUT2D eigenvalue weighted by Crippen LogP contribution is 2.24. The van der Waals surface area contributed by atoms with Gasteiger partial charge in [-0.15, -0.1) is 0 Å². The Hall–Kier alpha value is -3.12. The first-order valence-electron chi connectivity index (χ1n) is 12.0. The summed E-state index contributed by atoms with van der Waals surface area (Å²) in [6.45, 7) is 9.08. The number of nitrogens with one attached hydrogen (secondary N) is 2. The smallest absolute Gasteiger partial charge is 0.252 e. The van der Waals surface area contributed by atoms with Crippen LogP contribution in [-0.4, -0.2) is 59.3 Å². The third-order valence-electron chi connectivity index (χ3n) is 6.81. The van der Waals surface area contributed by atoms with Crippen molar-refractivity contribution in [3.05, 3.63) is 71.9 Å². The fraction of sp³-hybridized carbons (Fsp3) is 0.407. The number of benzene rings is 2.